The van der Waals surface area contributed by atoms with Gasteiger partial charge < -0.3 is 4.90 Å². The lowest BCUT2D eigenvalue weighted by molar-refractivity contribution is -0.133. The zero-order valence-corrected chi connectivity index (χ0v) is 14.1. The van der Waals surface area contributed by atoms with E-state index in [1.807, 2.05) is 18.7 Å². The molecular formula is C16H21N3O2S. The lowest BCUT2D eigenvalue weighted by atomic mass is 9.99. The number of nitrogens with zero attached hydrogens (tertiary/aromatic N) is 3. The number of likely N-dealkylation sites (tertiary alicyclic amines) is 1. The van der Waals surface area contributed by atoms with Gasteiger partial charge in [0, 0.05) is 18.0 Å². The van der Waals surface area contributed by atoms with Crippen molar-refractivity contribution in [1.82, 2.24) is 14.5 Å². The molecule has 0 N–H and O–H groups in total. The summed E-state index contributed by atoms with van der Waals surface area (Å²) < 4.78 is 1.45. The highest BCUT2D eigenvalue weighted by Gasteiger charge is 2.21. The third kappa shape index (κ3) is 2.67. The zero-order chi connectivity index (χ0) is 15.9. The lowest BCUT2D eigenvalue weighted by Gasteiger charge is -2.30. The fourth-order valence-corrected chi connectivity index (χ4v) is 3.87. The van der Waals surface area contributed by atoms with E-state index in [9.17, 15) is 9.59 Å². The maximum absolute atomic E-state index is 12.6. The Morgan fingerprint density at radius 3 is 2.73 bits per heavy atom. The molecule has 1 aliphatic rings. The van der Waals surface area contributed by atoms with Gasteiger partial charge in [0.05, 0.1) is 11.7 Å². The van der Waals surface area contributed by atoms with Gasteiger partial charge >= 0.3 is 0 Å². The predicted molar refractivity (Wildman–Crippen MR) is 88.3 cm³/mol. The summed E-state index contributed by atoms with van der Waals surface area (Å²) in [5.41, 5.74) is 0.872. The third-order valence-electron chi connectivity index (χ3n) is 4.60. The molecule has 0 atom stereocenters. The number of hydrogen-bond donors (Lipinski definition) is 0. The Balaban J connectivity index is 1.85. The molecule has 6 heteroatoms. The summed E-state index contributed by atoms with van der Waals surface area (Å²) in [5.74, 6) is 0.695. The van der Waals surface area contributed by atoms with Gasteiger partial charge in [-0.05, 0) is 38.2 Å². The van der Waals surface area contributed by atoms with Gasteiger partial charge in [-0.2, -0.15) is 0 Å². The molecule has 0 bridgehead atoms. The van der Waals surface area contributed by atoms with E-state index in [1.165, 1.54) is 22.2 Å². The van der Waals surface area contributed by atoms with Crippen LogP contribution < -0.4 is 5.56 Å². The third-order valence-corrected chi connectivity index (χ3v) is 5.71. The number of hydrogen-bond acceptors (Lipinski definition) is 4. The van der Waals surface area contributed by atoms with Gasteiger partial charge in [0.25, 0.3) is 5.56 Å². The first-order valence-corrected chi connectivity index (χ1v) is 8.52. The van der Waals surface area contributed by atoms with Gasteiger partial charge in [-0.3, -0.25) is 14.2 Å². The normalized spacial score (nSPS) is 16.4. The van der Waals surface area contributed by atoms with Gasteiger partial charge in [0.15, 0.2) is 0 Å². The van der Waals surface area contributed by atoms with Crippen LogP contribution in [0.2, 0.25) is 0 Å². The Hall–Kier alpha value is -1.69. The van der Waals surface area contributed by atoms with Crippen LogP contribution in [0.15, 0.2) is 11.1 Å². The number of aromatic nitrogens is 2. The summed E-state index contributed by atoms with van der Waals surface area (Å²) in [6.45, 7) is 7.82. The average Bonchev–Trinajstić information content (AvgIpc) is 2.78. The topological polar surface area (TPSA) is 55.2 Å². The number of amides is 1. The van der Waals surface area contributed by atoms with E-state index in [2.05, 4.69) is 11.9 Å². The molecule has 1 amide bonds. The van der Waals surface area contributed by atoms with Crippen molar-refractivity contribution in [2.45, 2.75) is 40.2 Å². The number of carbonyl (C=O) groups is 1. The molecule has 1 fully saturated rings. The van der Waals surface area contributed by atoms with E-state index in [-0.39, 0.29) is 18.0 Å². The Morgan fingerprint density at radius 1 is 1.36 bits per heavy atom. The minimum absolute atomic E-state index is 0.0137. The van der Waals surface area contributed by atoms with Crippen LogP contribution in [0.4, 0.5) is 0 Å². The summed E-state index contributed by atoms with van der Waals surface area (Å²) in [6, 6.07) is 0. The molecule has 3 heterocycles. The second-order valence-corrected chi connectivity index (χ2v) is 7.41. The smallest absolute Gasteiger partial charge is 0.262 e. The highest BCUT2D eigenvalue weighted by Crippen LogP contribution is 2.25. The molecule has 0 spiro atoms. The van der Waals surface area contributed by atoms with Gasteiger partial charge in [0.2, 0.25) is 5.91 Å². The Kier molecular flexibility index (Phi) is 4.04. The number of aryl methyl sites for hydroxylation is 2. The molecule has 1 saturated heterocycles. The molecule has 0 aromatic carbocycles. The summed E-state index contributed by atoms with van der Waals surface area (Å²) in [6.07, 6.45) is 3.59. The van der Waals surface area contributed by atoms with Crippen LogP contribution in [0, 0.1) is 19.8 Å². The molecule has 0 saturated carbocycles. The summed E-state index contributed by atoms with van der Waals surface area (Å²) in [7, 11) is 0. The summed E-state index contributed by atoms with van der Waals surface area (Å²) >= 11 is 1.53. The standard InChI is InChI=1S/C16H21N3O2S/c1-10-4-6-18(7-5-10)13(20)8-19-9-17-15-14(16(19)21)11(2)12(3)22-15/h9-10H,4-8H2,1-3H3. The van der Waals surface area contributed by atoms with Crippen molar-refractivity contribution in [2.24, 2.45) is 5.92 Å². The molecule has 1 aliphatic heterocycles. The number of fused-ring (bicyclic) bond motifs is 1. The Morgan fingerprint density at radius 2 is 2.05 bits per heavy atom. The van der Waals surface area contributed by atoms with Crippen molar-refractivity contribution >= 4 is 27.5 Å². The minimum Gasteiger partial charge on any atom is -0.341 e. The Labute approximate surface area is 133 Å². The first kappa shape index (κ1) is 15.2. The Bertz CT molecular complexity index is 770. The van der Waals surface area contributed by atoms with E-state index in [0.717, 1.165) is 41.2 Å². The van der Waals surface area contributed by atoms with E-state index < -0.39 is 0 Å². The highest BCUT2D eigenvalue weighted by molar-refractivity contribution is 7.18. The fourth-order valence-electron chi connectivity index (χ4n) is 2.89. The van der Waals surface area contributed by atoms with Crippen molar-refractivity contribution in [3.05, 3.63) is 27.1 Å². The molecule has 3 rings (SSSR count). The van der Waals surface area contributed by atoms with Gasteiger partial charge in [-0.25, -0.2) is 4.98 Å². The largest absolute Gasteiger partial charge is 0.341 e. The molecule has 5 nitrogen and oxygen atoms in total. The SMILES string of the molecule is Cc1sc2ncn(CC(=O)N3CCC(C)CC3)c(=O)c2c1C. The fraction of sp³-hybridized carbons (Fsp3) is 0.562. The number of rotatable bonds is 2. The maximum atomic E-state index is 12.6. The maximum Gasteiger partial charge on any atom is 0.262 e. The van der Waals surface area contributed by atoms with Crippen LogP contribution in [0.3, 0.4) is 0 Å². The van der Waals surface area contributed by atoms with Crippen molar-refractivity contribution in [3.63, 3.8) is 0 Å². The molecule has 0 aliphatic carbocycles. The van der Waals surface area contributed by atoms with Crippen LogP contribution in [0.1, 0.15) is 30.2 Å². The average molecular weight is 319 g/mol. The van der Waals surface area contributed by atoms with Gasteiger partial charge in [-0.15, -0.1) is 11.3 Å². The van der Waals surface area contributed by atoms with Crippen LogP contribution in [0.5, 0.6) is 0 Å². The van der Waals surface area contributed by atoms with E-state index in [0.29, 0.717) is 11.3 Å². The summed E-state index contributed by atoms with van der Waals surface area (Å²) in [4.78, 5) is 33.1. The van der Waals surface area contributed by atoms with Crippen LogP contribution >= 0.6 is 11.3 Å². The minimum atomic E-state index is -0.106. The molecule has 22 heavy (non-hydrogen) atoms. The number of piperidine rings is 1. The van der Waals surface area contributed by atoms with E-state index >= 15 is 0 Å². The van der Waals surface area contributed by atoms with E-state index in [4.69, 9.17) is 0 Å². The monoisotopic (exact) mass is 319 g/mol. The summed E-state index contributed by atoms with van der Waals surface area (Å²) in [5, 5.41) is 0.657. The van der Waals surface area contributed by atoms with Crippen molar-refractivity contribution in [2.75, 3.05) is 13.1 Å². The first-order chi connectivity index (χ1) is 10.5. The lowest BCUT2D eigenvalue weighted by Crippen LogP contribution is -2.41. The molecule has 118 valence electrons. The van der Waals surface area contributed by atoms with Crippen LogP contribution in [-0.2, 0) is 11.3 Å². The van der Waals surface area contributed by atoms with Crippen molar-refractivity contribution in [3.8, 4) is 0 Å². The van der Waals surface area contributed by atoms with Crippen LogP contribution in [0.25, 0.3) is 10.2 Å². The first-order valence-electron chi connectivity index (χ1n) is 7.70. The second kappa shape index (κ2) is 5.83. The van der Waals surface area contributed by atoms with Gasteiger partial charge in [-0.1, -0.05) is 6.92 Å². The highest BCUT2D eigenvalue weighted by atomic mass is 32.1. The van der Waals surface area contributed by atoms with E-state index in [1.54, 1.807) is 0 Å². The molecular weight excluding hydrogens is 298 g/mol. The van der Waals surface area contributed by atoms with Gasteiger partial charge in [0.1, 0.15) is 11.4 Å². The predicted octanol–water partition coefficient (Wildman–Crippen LogP) is 2.33. The molecule has 2 aromatic rings. The second-order valence-electron chi connectivity index (χ2n) is 6.20. The number of thiophene rings is 1. The van der Waals surface area contributed by atoms with Crippen molar-refractivity contribution in [1.29, 1.82) is 0 Å². The van der Waals surface area contributed by atoms with Crippen LogP contribution in [-0.4, -0.2) is 33.4 Å². The molecule has 0 radical (unpaired) electrons. The molecule has 2 aromatic heterocycles. The quantitative estimate of drug-likeness (QED) is 0.854. The van der Waals surface area contributed by atoms with Crippen molar-refractivity contribution < 1.29 is 4.79 Å². The molecule has 0 unspecified atom stereocenters. The zero-order valence-electron chi connectivity index (χ0n) is 13.3. The number of carbonyl (C=O) groups excluding carboxylic acids is 1.